The van der Waals surface area contributed by atoms with Crippen molar-refractivity contribution in [2.45, 2.75) is 32.6 Å². The van der Waals surface area contributed by atoms with Crippen LogP contribution in [-0.4, -0.2) is 55.6 Å². The number of hydrogen-bond donors (Lipinski definition) is 0. The third kappa shape index (κ3) is 6.44. The van der Waals surface area contributed by atoms with E-state index in [4.69, 9.17) is 4.74 Å². The first-order valence-electron chi connectivity index (χ1n) is 8.60. The summed E-state index contributed by atoms with van der Waals surface area (Å²) in [6, 6.07) is 3.64. The molecule has 0 aromatic heterocycles. The van der Waals surface area contributed by atoms with Crippen molar-refractivity contribution in [1.29, 1.82) is 0 Å². The van der Waals surface area contributed by atoms with Crippen molar-refractivity contribution in [2.24, 2.45) is 0 Å². The van der Waals surface area contributed by atoms with Crippen molar-refractivity contribution in [3.05, 3.63) is 39.4 Å². The van der Waals surface area contributed by atoms with Crippen molar-refractivity contribution < 1.29 is 24.0 Å². The zero-order valence-electron chi connectivity index (χ0n) is 15.5. The fourth-order valence-electron chi connectivity index (χ4n) is 2.53. The quantitative estimate of drug-likeness (QED) is 0.258. The summed E-state index contributed by atoms with van der Waals surface area (Å²) in [4.78, 5) is 36.8. The molecule has 0 aliphatic rings. The average molecular weight is 366 g/mol. The molecular formula is C18H26N2O6. The molecule has 8 nitrogen and oxygen atoms in total. The van der Waals surface area contributed by atoms with Gasteiger partial charge in [-0.25, -0.2) is 4.79 Å². The molecule has 0 atom stereocenters. The Balaban J connectivity index is 3.11. The smallest absolute Gasteiger partial charge is 0.338 e. The Bertz CT molecular complexity index is 622. The molecule has 26 heavy (non-hydrogen) atoms. The van der Waals surface area contributed by atoms with Crippen molar-refractivity contribution in [3.8, 4) is 0 Å². The second-order valence-electron chi connectivity index (χ2n) is 5.86. The number of carbonyl (C=O) groups is 2. The third-order valence-electron chi connectivity index (χ3n) is 3.89. The molecule has 0 spiro atoms. The number of unbranched alkanes of at least 4 members (excludes halogenated alkanes) is 2. The van der Waals surface area contributed by atoms with Crippen molar-refractivity contribution in [2.75, 3.05) is 33.9 Å². The third-order valence-corrected chi connectivity index (χ3v) is 3.89. The highest BCUT2D eigenvalue weighted by Crippen LogP contribution is 2.20. The van der Waals surface area contributed by atoms with E-state index in [-0.39, 0.29) is 22.7 Å². The topological polar surface area (TPSA) is 99.0 Å². The maximum Gasteiger partial charge on any atom is 0.338 e. The predicted octanol–water partition coefficient (Wildman–Crippen LogP) is 3.05. The monoisotopic (exact) mass is 366 g/mol. The minimum atomic E-state index is -0.723. The molecule has 0 unspecified atom stereocenters. The molecule has 1 aromatic rings. The van der Waals surface area contributed by atoms with E-state index >= 15 is 0 Å². The van der Waals surface area contributed by atoms with Gasteiger partial charge in [0, 0.05) is 44.5 Å². The first-order valence-corrected chi connectivity index (χ1v) is 8.60. The normalized spacial score (nSPS) is 10.4. The molecule has 0 fully saturated rings. The highest BCUT2D eigenvalue weighted by molar-refractivity contribution is 5.99. The molecule has 1 rings (SSSR count). The first kappa shape index (κ1) is 21.6. The van der Waals surface area contributed by atoms with Gasteiger partial charge in [-0.2, -0.15) is 0 Å². The van der Waals surface area contributed by atoms with Crippen LogP contribution in [0.25, 0.3) is 0 Å². The van der Waals surface area contributed by atoms with Gasteiger partial charge >= 0.3 is 5.97 Å². The van der Waals surface area contributed by atoms with E-state index < -0.39 is 10.9 Å². The van der Waals surface area contributed by atoms with E-state index in [1.54, 1.807) is 12.0 Å². The molecule has 0 N–H and O–H groups in total. The van der Waals surface area contributed by atoms with Crippen LogP contribution >= 0.6 is 0 Å². The summed E-state index contributed by atoms with van der Waals surface area (Å²) >= 11 is 0. The summed E-state index contributed by atoms with van der Waals surface area (Å²) in [6.07, 6.45) is 3.50. The number of nitro benzene ring substituents is 1. The molecular weight excluding hydrogens is 340 g/mol. The van der Waals surface area contributed by atoms with E-state index in [1.165, 1.54) is 19.2 Å². The van der Waals surface area contributed by atoms with Crippen LogP contribution < -0.4 is 0 Å². The number of non-ortho nitro benzene ring substituents is 1. The zero-order valence-corrected chi connectivity index (χ0v) is 15.5. The van der Waals surface area contributed by atoms with Crippen molar-refractivity contribution >= 4 is 17.6 Å². The van der Waals surface area contributed by atoms with Gasteiger partial charge < -0.3 is 14.4 Å². The summed E-state index contributed by atoms with van der Waals surface area (Å²) in [5.74, 6) is -1.06. The molecule has 1 aromatic carbocycles. The fourth-order valence-corrected chi connectivity index (χ4v) is 2.53. The minimum Gasteiger partial charge on any atom is -0.465 e. The summed E-state index contributed by atoms with van der Waals surface area (Å²) in [7, 11) is 2.77. The highest BCUT2D eigenvalue weighted by Gasteiger charge is 2.21. The molecule has 0 saturated carbocycles. The lowest BCUT2D eigenvalue weighted by Gasteiger charge is -2.23. The maximum absolute atomic E-state index is 12.9. The van der Waals surface area contributed by atoms with Gasteiger partial charge in [0.2, 0.25) is 0 Å². The second-order valence-corrected chi connectivity index (χ2v) is 5.86. The molecule has 8 heteroatoms. The van der Waals surface area contributed by atoms with Crippen LogP contribution in [0.1, 0.15) is 53.3 Å². The standard InChI is InChI=1S/C18H26N2O6/c1-4-5-6-8-19(9-7-10-25-2)17(21)14-11-15(18(22)26-3)13-16(12-14)20(23)24/h11-13H,4-10H2,1-3H3. The lowest BCUT2D eigenvalue weighted by atomic mass is 10.1. The summed E-state index contributed by atoms with van der Waals surface area (Å²) in [6.45, 7) is 3.61. The number of nitrogens with zero attached hydrogens (tertiary/aromatic N) is 2. The molecule has 0 heterocycles. The van der Waals surface area contributed by atoms with E-state index in [1.807, 2.05) is 0 Å². The lowest BCUT2D eigenvalue weighted by Crippen LogP contribution is -2.33. The Labute approximate surface area is 153 Å². The molecule has 0 aliphatic carbocycles. The van der Waals surface area contributed by atoms with Crippen LogP contribution in [-0.2, 0) is 9.47 Å². The number of hydrogen-bond acceptors (Lipinski definition) is 6. The number of benzene rings is 1. The number of rotatable bonds is 11. The van der Waals surface area contributed by atoms with Crippen LogP contribution in [0.3, 0.4) is 0 Å². The Morgan fingerprint density at radius 2 is 1.73 bits per heavy atom. The highest BCUT2D eigenvalue weighted by atomic mass is 16.6. The van der Waals surface area contributed by atoms with E-state index in [0.717, 1.165) is 25.3 Å². The van der Waals surface area contributed by atoms with Gasteiger partial charge in [-0.15, -0.1) is 0 Å². The van der Waals surface area contributed by atoms with E-state index in [0.29, 0.717) is 26.1 Å². The Hall–Kier alpha value is -2.48. The summed E-state index contributed by atoms with van der Waals surface area (Å²) in [5, 5.41) is 11.1. The molecule has 1 amide bonds. The molecule has 0 aliphatic heterocycles. The summed E-state index contributed by atoms with van der Waals surface area (Å²) in [5.41, 5.74) is -0.231. The van der Waals surface area contributed by atoms with Crippen LogP contribution in [0.15, 0.2) is 18.2 Å². The van der Waals surface area contributed by atoms with Crippen molar-refractivity contribution in [3.63, 3.8) is 0 Å². The Morgan fingerprint density at radius 1 is 1.08 bits per heavy atom. The SMILES string of the molecule is CCCCCN(CCCOC)C(=O)c1cc(C(=O)OC)cc([N+](=O)[O-])c1. The number of ether oxygens (including phenoxy) is 2. The van der Waals surface area contributed by atoms with E-state index in [2.05, 4.69) is 11.7 Å². The average Bonchev–Trinajstić information content (AvgIpc) is 2.65. The first-order chi connectivity index (χ1) is 12.4. The lowest BCUT2D eigenvalue weighted by molar-refractivity contribution is -0.384. The van der Waals surface area contributed by atoms with Crippen LogP contribution in [0.4, 0.5) is 5.69 Å². The van der Waals surface area contributed by atoms with Gasteiger partial charge in [0.05, 0.1) is 17.6 Å². The zero-order chi connectivity index (χ0) is 19.5. The van der Waals surface area contributed by atoms with Crippen molar-refractivity contribution in [1.82, 2.24) is 4.90 Å². The Morgan fingerprint density at radius 3 is 2.31 bits per heavy atom. The van der Waals surface area contributed by atoms with Gasteiger partial charge in [0.15, 0.2) is 0 Å². The van der Waals surface area contributed by atoms with Crippen LogP contribution in [0.2, 0.25) is 0 Å². The Kier molecular flexibility index (Phi) is 9.29. The number of methoxy groups -OCH3 is 2. The molecule has 144 valence electrons. The van der Waals surface area contributed by atoms with Gasteiger partial charge in [-0.05, 0) is 18.9 Å². The molecule has 0 saturated heterocycles. The number of nitro groups is 1. The maximum atomic E-state index is 12.9. The molecule has 0 radical (unpaired) electrons. The van der Waals surface area contributed by atoms with Gasteiger partial charge in [0.1, 0.15) is 0 Å². The van der Waals surface area contributed by atoms with Crippen LogP contribution in [0.5, 0.6) is 0 Å². The van der Waals surface area contributed by atoms with Gasteiger partial charge in [-0.1, -0.05) is 19.8 Å². The van der Waals surface area contributed by atoms with E-state index in [9.17, 15) is 19.7 Å². The number of carbonyl (C=O) groups excluding carboxylic acids is 2. The molecule has 0 bridgehead atoms. The predicted molar refractivity (Wildman–Crippen MR) is 96.4 cm³/mol. The second kappa shape index (κ2) is 11.2. The number of esters is 1. The van der Waals surface area contributed by atoms with Gasteiger partial charge in [-0.3, -0.25) is 14.9 Å². The minimum absolute atomic E-state index is 0.0181. The van der Waals surface area contributed by atoms with Crippen LogP contribution in [0, 0.1) is 10.1 Å². The summed E-state index contributed by atoms with van der Waals surface area (Å²) < 4.78 is 9.65. The van der Waals surface area contributed by atoms with Gasteiger partial charge in [0.25, 0.3) is 11.6 Å². The largest absolute Gasteiger partial charge is 0.465 e. The number of amides is 1. The fraction of sp³-hybridized carbons (Fsp3) is 0.556.